The van der Waals surface area contributed by atoms with Gasteiger partial charge in [-0.05, 0) is 0 Å². The Bertz CT molecular complexity index is 432. The van der Waals surface area contributed by atoms with Crippen molar-refractivity contribution in [3.05, 3.63) is 38.4 Å². The summed E-state index contributed by atoms with van der Waals surface area (Å²) >= 11 is 0. The Morgan fingerprint density at radius 2 is 1.60 bits per heavy atom. The molecule has 0 fully saturated rings. The minimum Gasteiger partial charge on any atom is -0.292 e. The second-order valence-electron chi connectivity index (χ2n) is 2.49. The Kier molecular flexibility index (Phi) is 2.78. The van der Waals surface area contributed by atoms with Crippen LogP contribution in [0.4, 0.5) is 17.1 Å². The molecule has 0 saturated carbocycles. The Hall–Kier alpha value is -2.69. The lowest BCUT2D eigenvalue weighted by Crippen LogP contribution is -1.95. The zero-order valence-electron chi connectivity index (χ0n) is 7.21. The van der Waals surface area contributed by atoms with E-state index in [0.717, 1.165) is 18.2 Å². The molecule has 0 amide bonds. The lowest BCUT2D eigenvalue weighted by molar-refractivity contribution is -0.394. The van der Waals surface area contributed by atoms with Crippen LogP contribution < -0.4 is 5.32 Å². The Balaban J connectivity index is 3.27. The summed E-state index contributed by atoms with van der Waals surface area (Å²) in [6.45, 7) is 0. The van der Waals surface area contributed by atoms with Crippen LogP contribution in [0, 0.1) is 31.7 Å². The van der Waals surface area contributed by atoms with Crippen LogP contribution in [0.1, 0.15) is 0 Å². The van der Waals surface area contributed by atoms with E-state index in [1.807, 2.05) is 0 Å². The first-order chi connectivity index (χ1) is 7.04. The highest BCUT2D eigenvalue weighted by Gasteiger charge is 2.15. The first kappa shape index (κ1) is 10.4. The van der Waals surface area contributed by atoms with E-state index in [-0.39, 0.29) is 5.69 Å². The summed E-state index contributed by atoms with van der Waals surface area (Å²) in [5.41, 5.74) is -0.873. The van der Waals surface area contributed by atoms with E-state index >= 15 is 0 Å². The van der Waals surface area contributed by atoms with Crippen molar-refractivity contribution < 1.29 is 9.85 Å². The van der Waals surface area contributed by atoms with Crippen molar-refractivity contribution in [3.8, 4) is 6.19 Å². The lowest BCUT2D eigenvalue weighted by atomic mass is 10.2. The van der Waals surface area contributed by atoms with Crippen LogP contribution in [0.5, 0.6) is 0 Å². The second-order valence-corrected chi connectivity index (χ2v) is 2.49. The molecule has 0 unspecified atom stereocenters. The average molecular weight is 208 g/mol. The summed E-state index contributed by atoms with van der Waals surface area (Å²) in [6, 6.07) is 2.90. The largest absolute Gasteiger partial charge is 0.292 e. The van der Waals surface area contributed by atoms with Crippen LogP contribution in [0.25, 0.3) is 0 Å². The van der Waals surface area contributed by atoms with Gasteiger partial charge in [-0.1, -0.05) is 0 Å². The summed E-state index contributed by atoms with van der Waals surface area (Å²) in [7, 11) is 0. The lowest BCUT2D eigenvalue weighted by Gasteiger charge is -1.97. The summed E-state index contributed by atoms with van der Waals surface area (Å²) < 4.78 is 0. The molecule has 0 atom stereocenters. The van der Waals surface area contributed by atoms with E-state index in [0.29, 0.717) is 0 Å². The summed E-state index contributed by atoms with van der Waals surface area (Å²) in [6.07, 6.45) is 1.52. The first-order valence-electron chi connectivity index (χ1n) is 3.63. The molecule has 8 heteroatoms. The Morgan fingerprint density at radius 3 is 1.93 bits per heavy atom. The number of hydrogen-bond donors (Lipinski definition) is 1. The van der Waals surface area contributed by atoms with Gasteiger partial charge in [-0.3, -0.25) is 25.5 Å². The molecule has 0 bridgehead atoms. The van der Waals surface area contributed by atoms with Crippen LogP contribution >= 0.6 is 0 Å². The smallest absolute Gasteiger partial charge is 0.278 e. The molecule has 0 heterocycles. The third-order valence-corrected chi connectivity index (χ3v) is 1.52. The summed E-state index contributed by atoms with van der Waals surface area (Å²) in [5.74, 6) is 0. The molecule has 8 nitrogen and oxygen atoms in total. The van der Waals surface area contributed by atoms with Gasteiger partial charge in [0, 0.05) is 12.1 Å². The predicted octanol–water partition coefficient (Wildman–Crippen LogP) is 1.40. The summed E-state index contributed by atoms with van der Waals surface area (Å²) in [4.78, 5) is 19.3. The molecular weight excluding hydrogens is 204 g/mol. The molecule has 0 radical (unpaired) electrons. The van der Waals surface area contributed by atoms with Crippen LogP contribution in [-0.2, 0) is 0 Å². The highest BCUT2D eigenvalue weighted by Crippen LogP contribution is 2.25. The molecule has 1 N–H and O–H groups in total. The van der Waals surface area contributed by atoms with Crippen molar-refractivity contribution in [3.63, 3.8) is 0 Å². The maximum absolute atomic E-state index is 10.4. The van der Waals surface area contributed by atoms with Crippen molar-refractivity contribution in [2.24, 2.45) is 0 Å². The number of nitriles is 1. The zero-order valence-corrected chi connectivity index (χ0v) is 7.21. The Labute approximate surface area is 83.0 Å². The van der Waals surface area contributed by atoms with E-state index in [1.54, 1.807) is 0 Å². The highest BCUT2D eigenvalue weighted by molar-refractivity contribution is 5.60. The number of nitro benzene ring substituents is 2. The average Bonchev–Trinajstić information content (AvgIpc) is 2.17. The highest BCUT2D eigenvalue weighted by atomic mass is 16.6. The maximum atomic E-state index is 10.4. The number of anilines is 1. The van der Waals surface area contributed by atoms with Gasteiger partial charge >= 0.3 is 0 Å². The number of nitrogens with one attached hydrogen (secondary N) is 1. The number of non-ortho nitro benzene ring substituents is 2. The van der Waals surface area contributed by atoms with Crippen molar-refractivity contribution in [1.29, 1.82) is 5.26 Å². The SMILES string of the molecule is N#CNc1cc([N+](=O)[O-])cc([N+](=O)[O-])c1. The van der Waals surface area contributed by atoms with Gasteiger partial charge in [0.1, 0.15) is 0 Å². The van der Waals surface area contributed by atoms with Crippen LogP contribution in [0.3, 0.4) is 0 Å². The van der Waals surface area contributed by atoms with E-state index in [4.69, 9.17) is 5.26 Å². The molecule has 0 aromatic heterocycles. The molecule has 1 aromatic carbocycles. The topological polar surface area (TPSA) is 122 Å². The van der Waals surface area contributed by atoms with Gasteiger partial charge < -0.3 is 0 Å². The van der Waals surface area contributed by atoms with Gasteiger partial charge in [0.2, 0.25) is 0 Å². The molecule has 15 heavy (non-hydrogen) atoms. The second kappa shape index (κ2) is 4.01. The van der Waals surface area contributed by atoms with Gasteiger partial charge in [-0.25, -0.2) is 0 Å². The van der Waals surface area contributed by atoms with E-state index in [2.05, 4.69) is 5.32 Å². The van der Waals surface area contributed by atoms with Crippen molar-refractivity contribution in [1.82, 2.24) is 0 Å². The summed E-state index contributed by atoms with van der Waals surface area (Å²) in [5, 5.41) is 31.2. The molecule has 0 spiro atoms. The minimum atomic E-state index is -0.768. The molecule has 1 rings (SSSR count). The van der Waals surface area contributed by atoms with Gasteiger partial charge in [0.25, 0.3) is 11.4 Å². The fourth-order valence-corrected chi connectivity index (χ4v) is 0.943. The Morgan fingerprint density at radius 1 is 1.13 bits per heavy atom. The minimum absolute atomic E-state index is 0.0124. The fourth-order valence-electron chi connectivity index (χ4n) is 0.943. The molecule has 0 saturated heterocycles. The monoisotopic (exact) mass is 208 g/mol. The van der Waals surface area contributed by atoms with Crippen molar-refractivity contribution in [2.75, 3.05) is 5.32 Å². The molecule has 76 valence electrons. The van der Waals surface area contributed by atoms with E-state index in [1.165, 1.54) is 6.19 Å². The third kappa shape index (κ3) is 2.38. The molecule has 0 aliphatic heterocycles. The van der Waals surface area contributed by atoms with Gasteiger partial charge in [-0.2, -0.15) is 5.26 Å². The number of rotatable bonds is 3. The molecule has 1 aromatic rings. The quantitative estimate of drug-likeness (QED) is 0.346. The van der Waals surface area contributed by atoms with Crippen LogP contribution in [0.2, 0.25) is 0 Å². The van der Waals surface area contributed by atoms with Crippen LogP contribution in [-0.4, -0.2) is 9.85 Å². The number of nitrogens with zero attached hydrogens (tertiary/aromatic N) is 3. The standard InChI is InChI=1S/C7H4N4O4/c8-4-9-5-1-6(10(12)13)3-7(2-5)11(14)15/h1-3,9H. The number of benzene rings is 1. The normalized spacial score (nSPS) is 9.00. The van der Waals surface area contributed by atoms with E-state index < -0.39 is 21.2 Å². The van der Waals surface area contributed by atoms with Crippen LogP contribution in [0.15, 0.2) is 18.2 Å². The number of nitro groups is 2. The first-order valence-corrected chi connectivity index (χ1v) is 3.63. The number of hydrogen-bond acceptors (Lipinski definition) is 6. The third-order valence-electron chi connectivity index (χ3n) is 1.52. The molecule has 0 aliphatic rings. The molecular formula is C7H4N4O4. The van der Waals surface area contributed by atoms with Gasteiger partial charge in [0.05, 0.1) is 21.6 Å². The zero-order chi connectivity index (χ0) is 11.4. The van der Waals surface area contributed by atoms with Crippen molar-refractivity contribution in [2.45, 2.75) is 0 Å². The van der Waals surface area contributed by atoms with E-state index in [9.17, 15) is 20.2 Å². The predicted molar refractivity (Wildman–Crippen MR) is 49.0 cm³/mol. The molecule has 0 aliphatic carbocycles. The van der Waals surface area contributed by atoms with Gasteiger partial charge in [0.15, 0.2) is 6.19 Å². The fraction of sp³-hybridized carbons (Fsp3) is 0. The maximum Gasteiger partial charge on any atom is 0.278 e. The van der Waals surface area contributed by atoms with Crippen molar-refractivity contribution >= 4 is 17.1 Å². The van der Waals surface area contributed by atoms with Gasteiger partial charge in [-0.15, -0.1) is 0 Å².